The molecule has 3 atom stereocenters. The molecule has 3 aliphatic rings. The smallest absolute Gasteiger partial charge is 0.356 e. The third kappa shape index (κ3) is 3.99. The minimum Gasteiger partial charge on any atom is -0.464 e. The predicted molar refractivity (Wildman–Crippen MR) is 121 cm³/mol. The van der Waals surface area contributed by atoms with Crippen LogP contribution in [-0.4, -0.2) is 59.6 Å². The topological polar surface area (TPSA) is 112 Å². The number of methoxy groups -OCH3 is 1. The molecule has 2 aliphatic carbocycles. The Kier molecular flexibility index (Phi) is 5.41. The van der Waals surface area contributed by atoms with Crippen molar-refractivity contribution in [3.8, 4) is 0 Å². The van der Waals surface area contributed by atoms with Gasteiger partial charge in [-0.1, -0.05) is 23.2 Å². The summed E-state index contributed by atoms with van der Waals surface area (Å²) in [5.41, 5.74) is 1.19. The summed E-state index contributed by atoms with van der Waals surface area (Å²) in [4.78, 5) is 38.7. The van der Waals surface area contributed by atoms with Crippen LogP contribution < -0.4 is 15.5 Å². The molecule has 0 unspecified atom stereocenters. The summed E-state index contributed by atoms with van der Waals surface area (Å²) in [5, 5.41) is 6.91. The SMILES string of the molecule is COC(=O)c1cc(N2C[C@@H]3[C@H](C2)[C@H]3NC(=O)c2[nH]c(C)c(Cl)c2Cl)nc(NCC2CC2)n1. The van der Waals surface area contributed by atoms with E-state index in [4.69, 9.17) is 27.9 Å². The monoisotopic (exact) mass is 478 g/mol. The molecule has 3 fully saturated rings. The highest BCUT2D eigenvalue weighted by Crippen LogP contribution is 2.47. The van der Waals surface area contributed by atoms with Gasteiger partial charge in [-0.25, -0.2) is 9.78 Å². The van der Waals surface area contributed by atoms with E-state index in [-0.39, 0.29) is 22.7 Å². The molecule has 3 N–H and O–H groups in total. The Morgan fingerprint density at radius 3 is 2.53 bits per heavy atom. The van der Waals surface area contributed by atoms with Gasteiger partial charge >= 0.3 is 5.97 Å². The molecule has 0 bridgehead atoms. The molecular formula is C21H24Cl2N6O3. The number of amides is 1. The van der Waals surface area contributed by atoms with Gasteiger partial charge in [0.25, 0.3) is 5.91 Å². The fourth-order valence-electron chi connectivity index (χ4n) is 4.32. The second kappa shape index (κ2) is 8.12. The van der Waals surface area contributed by atoms with E-state index in [1.165, 1.54) is 20.0 Å². The zero-order valence-corrected chi connectivity index (χ0v) is 19.3. The molecule has 1 amide bonds. The number of H-pyrrole nitrogens is 1. The summed E-state index contributed by atoms with van der Waals surface area (Å²) < 4.78 is 4.85. The average molecular weight is 479 g/mol. The van der Waals surface area contributed by atoms with Gasteiger partial charge in [0.1, 0.15) is 11.5 Å². The number of hydrogen-bond donors (Lipinski definition) is 3. The largest absolute Gasteiger partial charge is 0.464 e. The molecule has 0 radical (unpaired) electrons. The zero-order valence-electron chi connectivity index (χ0n) is 17.7. The number of fused-ring (bicyclic) bond motifs is 1. The first-order valence-electron chi connectivity index (χ1n) is 10.7. The van der Waals surface area contributed by atoms with Gasteiger partial charge in [0, 0.05) is 49.3 Å². The van der Waals surface area contributed by atoms with Crippen LogP contribution in [-0.2, 0) is 4.74 Å². The lowest BCUT2D eigenvalue weighted by Gasteiger charge is -2.22. The lowest BCUT2D eigenvalue weighted by molar-refractivity contribution is 0.0594. The van der Waals surface area contributed by atoms with E-state index in [9.17, 15) is 9.59 Å². The lowest BCUT2D eigenvalue weighted by Crippen LogP contribution is -2.35. The van der Waals surface area contributed by atoms with Crippen molar-refractivity contribution in [1.82, 2.24) is 20.3 Å². The van der Waals surface area contributed by atoms with Gasteiger partial charge in [-0.05, 0) is 25.7 Å². The Hall–Kier alpha value is -2.52. The van der Waals surface area contributed by atoms with Crippen molar-refractivity contribution in [1.29, 1.82) is 0 Å². The molecule has 0 aromatic carbocycles. The third-order valence-electron chi connectivity index (χ3n) is 6.45. The van der Waals surface area contributed by atoms with E-state index in [0.717, 1.165) is 19.6 Å². The Morgan fingerprint density at radius 2 is 1.94 bits per heavy atom. The summed E-state index contributed by atoms with van der Waals surface area (Å²) >= 11 is 12.2. The number of hydrogen-bond acceptors (Lipinski definition) is 7. The number of carbonyl (C=O) groups is 2. The maximum atomic E-state index is 12.6. The van der Waals surface area contributed by atoms with Crippen molar-refractivity contribution in [3.63, 3.8) is 0 Å². The molecule has 3 heterocycles. The summed E-state index contributed by atoms with van der Waals surface area (Å²) in [6, 6.07) is 1.74. The summed E-state index contributed by atoms with van der Waals surface area (Å²) in [7, 11) is 1.34. The number of aryl methyl sites for hydroxylation is 1. The van der Waals surface area contributed by atoms with Crippen LogP contribution in [0.3, 0.4) is 0 Å². The van der Waals surface area contributed by atoms with Crippen molar-refractivity contribution < 1.29 is 14.3 Å². The molecule has 11 heteroatoms. The first kappa shape index (κ1) is 21.3. The van der Waals surface area contributed by atoms with Gasteiger partial charge in [0.15, 0.2) is 5.69 Å². The highest BCUT2D eigenvalue weighted by molar-refractivity contribution is 6.44. The quantitative estimate of drug-likeness (QED) is 0.524. The van der Waals surface area contributed by atoms with Gasteiger partial charge in [0.2, 0.25) is 5.95 Å². The van der Waals surface area contributed by atoms with Crippen molar-refractivity contribution >= 4 is 46.8 Å². The molecule has 1 saturated heterocycles. The van der Waals surface area contributed by atoms with Crippen LogP contribution in [0.5, 0.6) is 0 Å². The molecule has 2 saturated carbocycles. The molecule has 5 rings (SSSR count). The fraction of sp³-hybridized carbons (Fsp3) is 0.524. The Balaban J connectivity index is 1.24. The second-order valence-corrected chi connectivity index (χ2v) is 9.49. The van der Waals surface area contributed by atoms with Crippen LogP contribution in [0.4, 0.5) is 11.8 Å². The van der Waals surface area contributed by atoms with Gasteiger partial charge < -0.3 is 25.3 Å². The van der Waals surface area contributed by atoms with Crippen molar-refractivity contribution in [2.75, 3.05) is 37.0 Å². The third-order valence-corrected chi connectivity index (χ3v) is 7.40. The fourth-order valence-corrected chi connectivity index (χ4v) is 4.74. The minimum atomic E-state index is -0.491. The normalized spacial score (nSPS) is 23.6. The number of nitrogens with zero attached hydrogens (tertiary/aromatic N) is 3. The zero-order chi connectivity index (χ0) is 22.6. The number of halogens is 2. The number of carbonyl (C=O) groups excluding carboxylic acids is 2. The number of piperidine rings is 1. The van der Waals surface area contributed by atoms with Gasteiger partial charge in [-0.3, -0.25) is 4.79 Å². The van der Waals surface area contributed by atoms with E-state index in [1.807, 2.05) is 0 Å². The van der Waals surface area contributed by atoms with Crippen LogP contribution in [0, 0.1) is 24.7 Å². The molecule has 1 aliphatic heterocycles. The number of aromatic nitrogens is 3. The Labute approximate surface area is 195 Å². The number of anilines is 2. The van der Waals surface area contributed by atoms with E-state index in [2.05, 4.69) is 30.5 Å². The molecule has 2 aromatic heterocycles. The number of esters is 1. The predicted octanol–water partition coefficient (Wildman–Crippen LogP) is 2.89. The van der Waals surface area contributed by atoms with Crippen LogP contribution in [0.2, 0.25) is 10.0 Å². The highest BCUT2D eigenvalue weighted by Gasteiger charge is 2.57. The molecule has 170 valence electrons. The Morgan fingerprint density at radius 1 is 1.22 bits per heavy atom. The van der Waals surface area contributed by atoms with Crippen molar-refractivity contribution in [2.24, 2.45) is 17.8 Å². The highest BCUT2D eigenvalue weighted by atomic mass is 35.5. The summed E-state index contributed by atoms with van der Waals surface area (Å²) in [5.74, 6) is 1.65. The number of ether oxygens (including phenoxy) is 1. The average Bonchev–Trinajstić information content (AvgIpc) is 3.67. The number of nitrogens with one attached hydrogen (secondary N) is 3. The maximum Gasteiger partial charge on any atom is 0.356 e. The van der Waals surface area contributed by atoms with Gasteiger partial charge in [0.05, 0.1) is 17.2 Å². The molecular weight excluding hydrogens is 455 g/mol. The minimum absolute atomic E-state index is 0.0755. The maximum absolute atomic E-state index is 12.6. The summed E-state index contributed by atoms with van der Waals surface area (Å²) in [6.45, 7) is 4.03. The molecule has 9 nitrogen and oxygen atoms in total. The van der Waals surface area contributed by atoms with Crippen molar-refractivity contribution in [2.45, 2.75) is 25.8 Å². The second-order valence-electron chi connectivity index (χ2n) is 8.74. The van der Waals surface area contributed by atoms with Crippen LogP contribution in [0.25, 0.3) is 0 Å². The van der Waals surface area contributed by atoms with Gasteiger partial charge in [-0.15, -0.1) is 0 Å². The van der Waals surface area contributed by atoms with E-state index >= 15 is 0 Å². The number of rotatable bonds is 7. The lowest BCUT2D eigenvalue weighted by atomic mass is 10.3. The number of aromatic amines is 1. The molecule has 32 heavy (non-hydrogen) atoms. The standard InChI is InChI=1S/C21H24Cl2N6O3/c1-9-15(22)16(23)18(25-9)19(30)28-17-11-7-29(8-12(11)17)14-5-13(20(31)32-2)26-21(27-14)24-6-10-3-4-10/h5,10-12,17,25H,3-4,6-8H2,1-2H3,(H,28,30)(H,24,26,27)/t11-,12+,17+. The van der Waals surface area contributed by atoms with Gasteiger partial charge in [-0.2, -0.15) is 4.98 Å². The van der Waals surface area contributed by atoms with E-state index in [1.54, 1.807) is 13.0 Å². The van der Waals surface area contributed by atoms with Crippen molar-refractivity contribution in [3.05, 3.63) is 33.2 Å². The van der Waals surface area contributed by atoms with E-state index < -0.39 is 5.97 Å². The summed E-state index contributed by atoms with van der Waals surface area (Å²) in [6.07, 6.45) is 2.41. The molecule has 0 spiro atoms. The first-order valence-corrected chi connectivity index (χ1v) is 11.4. The van der Waals surface area contributed by atoms with E-state index in [0.29, 0.717) is 45.9 Å². The Bertz CT molecular complexity index is 1070. The first-order chi connectivity index (χ1) is 15.4. The molecule has 2 aromatic rings. The van der Waals surface area contributed by atoms with Crippen LogP contribution in [0.1, 0.15) is 39.5 Å². The van der Waals surface area contributed by atoms with Crippen LogP contribution >= 0.6 is 23.2 Å². The van der Waals surface area contributed by atoms with Crippen LogP contribution in [0.15, 0.2) is 6.07 Å².